The maximum absolute atomic E-state index is 12.8. The Bertz CT molecular complexity index is 1120. The summed E-state index contributed by atoms with van der Waals surface area (Å²) in [7, 11) is 1.56. The minimum Gasteiger partial charge on any atom is -0.493 e. The van der Waals surface area contributed by atoms with Crippen molar-refractivity contribution in [3.05, 3.63) is 68.6 Å². The summed E-state index contributed by atoms with van der Waals surface area (Å²) in [5, 5.41) is 5.28. The van der Waals surface area contributed by atoms with Crippen LogP contribution < -0.4 is 9.47 Å². The van der Waals surface area contributed by atoms with Crippen LogP contribution in [0.2, 0.25) is 0 Å². The van der Waals surface area contributed by atoms with Gasteiger partial charge >= 0.3 is 0 Å². The minimum atomic E-state index is -0.259. The molecule has 164 valence electrons. The molecular formula is C24H20Br2N2O4. The van der Waals surface area contributed by atoms with Crippen LogP contribution in [0.1, 0.15) is 17.5 Å². The number of hydrogen-bond acceptors (Lipinski definition) is 5. The van der Waals surface area contributed by atoms with Crippen LogP contribution in [0.5, 0.6) is 11.5 Å². The highest BCUT2D eigenvalue weighted by atomic mass is 79.9. The van der Waals surface area contributed by atoms with Crippen molar-refractivity contribution in [1.82, 2.24) is 5.01 Å². The van der Waals surface area contributed by atoms with Gasteiger partial charge in [-0.25, -0.2) is 0 Å². The van der Waals surface area contributed by atoms with Crippen LogP contribution in [0.25, 0.3) is 0 Å². The first kappa shape index (κ1) is 21.4. The second kappa shape index (κ2) is 8.48. The molecule has 0 N–H and O–H groups in total. The Balaban J connectivity index is 1.33. The molecular weight excluding hydrogens is 540 g/mol. The Morgan fingerprint density at radius 1 is 1.06 bits per heavy atom. The molecule has 2 aromatic rings. The third-order valence-corrected chi connectivity index (χ3v) is 7.44. The summed E-state index contributed by atoms with van der Waals surface area (Å²) in [4.78, 5) is 25.6. The Hall–Kier alpha value is -2.45. The predicted octanol–water partition coefficient (Wildman–Crippen LogP) is 4.94. The third-order valence-electron chi connectivity index (χ3n) is 6.32. The topological polar surface area (TPSA) is 68.2 Å². The van der Waals surface area contributed by atoms with Gasteiger partial charge in [-0.05, 0) is 69.6 Å². The van der Waals surface area contributed by atoms with Crippen molar-refractivity contribution in [3.8, 4) is 11.5 Å². The molecule has 0 spiro atoms. The molecule has 2 amide bonds. The summed E-state index contributed by atoms with van der Waals surface area (Å²) in [6.45, 7) is 0.381. The molecule has 0 aromatic heterocycles. The zero-order valence-electron chi connectivity index (χ0n) is 17.2. The number of hydrogen-bond donors (Lipinski definition) is 0. The number of amides is 2. The number of rotatable bonds is 6. The van der Waals surface area contributed by atoms with Gasteiger partial charge in [-0.2, -0.15) is 10.1 Å². The van der Waals surface area contributed by atoms with Crippen LogP contribution in [-0.2, 0) is 16.2 Å². The van der Waals surface area contributed by atoms with Crippen LogP contribution >= 0.6 is 31.9 Å². The third kappa shape index (κ3) is 3.69. The van der Waals surface area contributed by atoms with Crippen molar-refractivity contribution in [3.63, 3.8) is 0 Å². The monoisotopic (exact) mass is 558 g/mol. The Morgan fingerprint density at radius 3 is 2.34 bits per heavy atom. The fourth-order valence-electron chi connectivity index (χ4n) is 4.82. The highest BCUT2D eigenvalue weighted by Crippen LogP contribution is 2.52. The Morgan fingerprint density at radius 2 is 1.72 bits per heavy atom. The molecule has 1 aliphatic heterocycles. The second-order valence-corrected chi connectivity index (χ2v) is 9.95. The first-order valence-corrected chi connectivity index (χ1v) is 11.9. The van der Waals surface area contributed by atoms with Crippen LogP contribution in [0.15, 0.2) is 62.6 Å². The maximum Gasteiger partial charge on any atom is 0.254 e. The summed E-state index contributed by atoms with van der Waals surface area (Å²) >= 11 is 6.96. The zero-order chi connectivity index (χ0) is 22.4. The van der Waals surface area contributed by atoms with Gasteiger partial charge in [-0.15, -0.1) is 0 Å². The average Bonchev–Trinajstić information content (AvgIpc) is 3.46. The minimum absolute atomic E-state index is 0.165. The van der Waals surface area contributed by atoms with Crippen molar-refractivity contribution >= 4 is 49.9 Å². The van der Waals surface area contributed by atoms with E-state index < -0.39 is 0 Å². The van der Waals surface area contributed by atoms with E-state index in [0.29, 0.717) is 28.1 Å². The number of carbonyl (C=O) groups is 2. The lowest BCUT2D eigenvalue weighted by Crippen LogP contribution is -2.28. The van der Waals surface area contributed by atoms with Crippen LogP contribution in [0.4, 0.5) is 0 Å². The number of methoxy groups -OCH3 is 1. The van der Waals surface area contributed by atoms with Crippen LogP contribution in [-0.4, -0.2) is 30.1 Å². The number of imide groups is 1. The summed E-state index contributed by atoms with van der Waals surface area (Å²) in [6, 6.07) is 11.5. The van der Waals surface area contributed by atoms with Crippen molar-refractivity contribution in [2.24, 2.45) is 28.8 Å². The SMILES string of the molecule is COc1cc(/C=N\N2C(=O)[C@@H]3[C@H](C2=O)[C@H]2C=C[C@H]3C2)cc(Br)c1OCc1ccc(Br)cc1. The van der Waals surface area contributed by atoms with Crippen LogP contribution in [0.3, 0.4) is 0 Å². The molecule has 8 heteroatoms. The lowest BCUT2D eigenvalue weighted by Gasteiger charge is -2.14. The molecule has 1 saturated carbocycles. The van der Waals surface area contributed by atoms with Gasteiger partial charge in [0.05, 0.1) is 29.6 Å². The van der Waals surface area contributed by atoms with Crippen molar-refractivity contribution in [2.75, 3.05) is 7.11 Å². The highest BCUT2D eigenvalue weighted by Gasteiger charge is 2.59. The van der Waals surface area contributed by atoms with E-state index in [1.807, 2.05) is 30.3 Å². The largest absolute Gasteiger partial charge is 0.493 e. The molecule has 0 radical (unpaired) electrons. The van der Waals surface area contributed by atoms with Gasteiger partial charge in [-0.3, -0.25) is 9.59 Å². The first-order valence-electron chi connectivity index (χ1n) is 10.3. The molecule has 1 saturated heterocycles. The number of fused-ring (bicyclic) bond motifs is 5. The summed E-state index contributed by atoms with van der Waals surface area (Å²) < 4.78 is 13.2. The summed E-state index contributed by atoms with van der Waals surface area (Å²) in [5.74, 6) is 0.503. The van der Waals surface area contributed by atoms with Gasteiger partial charge < -0.3 is 9.47 Å². The van der Waals surface area contributed by atoms with E-state index in [4.69, 9.17) is 9.47 Å². The van der Waals surface area contributed by atoms with Crippen molar-refractivity contribution in [2.45, 2.75) is 13.0 Å². The number of carbonyl (C=O) groups excluding carboxylic acids is 2. The standard InChI is InChI=1S/C24H20Br2N2O4/c1-31-19-9-14(8-18(26)22(19)32-12-13-2-6-17(25)7-3-13)11-27-28-23(29)20-15-4-5-16(10-15)21(20)24(28)30/h2-9,11,15-16,20-21H,10,12H2,1H3/b27-11-/t15-,16-,20-,21+/m0/s1. The zero-order valence-corrected chi connectivity index (χ0v) is 20.4. The number of ether oxygens (including phenoxy) is 2. The van der Waals surface area contributed by atoms with E-state index in [1.54, 1.807) is 13.2 Å². The lowest BCUT2D eigenvalue weighted by atomic mass is 9.85. The van der Waals surface area contributed by atoms with Crippen molar-refractivity contribution in [1.29, 1.82) is 0 Å². The van der Waals surface area contributed by atoms with E-state index >= 15 is 0 Å². The second-order valence-electron chi connectivity index (χ2n) is 8.18. The molecule has 0 unspecified atom stereocenters. The number of nitrogens with zero attached hydrogens (tertiary/aromatic N) is 2. The molecule has 2 aliphatic carbocycles. The normalized spacial score (nSPS) is 25.8. The lowest BCUT2D eigenvalue weighted by molar-refractivity contribution is -0.140. The molecule has 3 aliphatic rings. The van der Waals surface area contributed by atoms with Crippen molar-refractivity contribution < 1.29 is 19.1 Å². The molecule has 4 atom stereocenters. The van der Waals surface area contributed by atoms with Gasteiger partial charge in [0.2, 0.25) is 0 Å². The molecule has 5 rings (SSSR count). The average molecular weight is 560 g/mol. The van der Waals surface area contributed by atoms with E-state index in [2.05, 4.69) is 49.1 Å². The number of hydrazone groups is 1. The fraction of sp³-hybridized carbons (Fsp3) is 0.292. The van der Waals surface area contributed by atoms with Gasteiger partial charge in [0.25, 0.3) is 11.8 Å². The van der Waals surface area contributed by atoms with Gasteiger partial charge in [0.1, 0.15) is 6.61 Å². The fourth-order valence-corrected chi connectivity index (χ4v) is 5.65. The van der Waals surface area contributed by atoms with E-state index in [9.17, 15) is 9.59 Å². The molecule has 2 aromatic carbocycles. The number of halogens is 2. The van der Waals surface area contributed by atoms with Gasteiger partial charge in [-0.1, -0.05) is 40.2 Å². The smallest absolute Gasteiger partial charge is 0.254 e. The molecule has 32 heavy (non-hydrogen) atoms. The first-order chi connectivity index (χ1) is 15.5. The van der Waals surface area contributed by atoms with Gasteiger partial charge in [0, 0.05) is 4.47 Å². The molecule has 2 fully saturated rings. The molecule has 2 bridgehead atoms. The number of allylic oxidation sites excluding steroid dienone is 2. The Kier molecular flexibility index (Phi) is 5.67. The molecule has 6 nitrogen and oxygen atoms in total. The maximum atomic E-state index is 12.8. The van der Waals surface area contributed by atoms with E-state index in [0.717, 1.165) is 21.5 Å². The molecule has 1 heterocycles. The van der Waals surface area contributed by atoms with Crippen LogP contribution in [0, 0.1) is 23.7 Å². The highest BCUT2D eigenvalue weighted by molar-refractivity contribution is 9.10. The summed E-state index contributed by atoms with van der Waals surface area (Å²) in [5.41, 5.74) is 1.70. The summed E-state index contributed by atoms with van der Waals surface area (Å²) in [6.07, 6.45) is 6.55. The van der Waals surface area contributed by atoms with E-state index in [-0.39, 0.29) is 35.5 Å². The van der Waals surface area contributed by atoms with Gasteiger partial charge in [0.15, 0.2) is 11.5 Å². The van der Waals surface area contributed by atoms with E-state index in [1.165, 1.54) is 6.21 Å². The Labute approximate surface area is 202 Å². The quantitative estimate of drug-likeness (QED) is 0.285. The number of benzene rings is 2. The predicted molar refractivity (Wildman–Crippen MR) is 126 cm³/mol.